The van der Waals surface area contributed by atoms with Crippen molar-refractivity contribution in [3.05, 3.63) is 35.8 Å². The van der Waals surface area contributed by atoms with Crippen LogP contribution in [0.15, 0.2) is 24.4 Å². The van der Waals surface area contributed by atoms with Crippen LogP contribution >= 0.6 is 0 Å². The summed E-state index contributed by atoms with van der Waals surface area (Å²) >= 11 is 0. The van der Waals surface area contributed by atoms with Gasteiger partial charge in [0, 0.05) is 11.6 Å². The number of carbonyl (C=O) groups excluding carboxylic acids is 1. The number of ether oxygens (including phenoxy) is 1. The zero-order chi connectivity index (χ0) is 13.5. The molecule has 1 aromatic carbocycles. The molecule has 4 heteroatoms. The Balaban J connectivity index is 2.46. The highest BCUT2D eigenvalue weighted by Gasteiger charge is 2.19. The molecule has 0 aliphatic heterocycles. The van der Waals surface area contributed by atoms with E-state index < -0.39 is 11.7 Å². The fourth-order valence-corrected chi connectivity index (χ4v) is 1.74. The van der Waals surface area contributed by atoms with Crippen LogP contribution < -0.4 is 0 Å². The Bertz CT molecular complexity index is 608. The molecule has 0 fully saturated rings. The minimum atomic E-state index is -0.573. The molecule has 0 spiro atoms. The van der Waals surface area contributed by atoms with E-state index in [1.807, 2.05) is 0 Å². The van der Waals surface area contributed by atoms with E-state index in [4.69, 9.17) is 4.74 Å². The van der Waals surface area contributed by atoms with Crippen LogP contribution in [0.1, 0.15) is 26.3 Å². The van der Waals surface area contributed by atoms with E-state index in [2.05, 4.69) is 0 Å². The Kier molecular flexibility index (Phi) is 2.89. The number of halogens is 1. The van der Waals surface area contributed by atoms with Gasteiger partial charge in [-0.25, -0.2) is 9.18 Å². The van der Waals surface area contributed by atoms with Gasteiger partial charge in [0.1, 0.15) is 11.4 Å². The lowest BCUT2D eigenvalue weighted by Crippen LogP contribution is -2.26. The molecule has 2 aromatic rings. The van der Waals surface area contributed by atoms with E-state index in [1.54, 1.807) is 46.0 Å². The minimum Gasteiger partial charge on any atom is -0.443 e. The molecule has 0 aliphatic rings. The zero-order valence-electron chi connectivity index (χ0n) is 11.0. The maximum Gasteiger partial charge on any atom is 0.418 e. The van der Waals surface area contributed by atoms with E-state index in [9.17, 15) is 9.18 Å². The summed E-state index contributed by atoms with van der Waals surface area (Å²) in [4.78, 5) is 11.9. The molecule has 1 heterocycles. The van der Waals surface area contributed by atoms with Crippen LogP contribution in [0.3, 0.4) is 0 Å². The summed E-state index contributed by atoms with van der Waals surface area (Å²) in [5.41, 5.74) is 0.508. The number of carbonyl (C=O) groups is 1. The number of nitrogens with zero attached hydrogens (tertiary/aromatic N) is 1. The Labute approximate surface area is 105 Å². The predicted octanol–water partition coefficient (Wildman–Crippen LogP) is 3.87. The van der Waals surface area contributed by atoms with Crippen LogP contribution in [0.4, 0.5) is 9.18 Å². The van der Waals surface area contributed by atoms with Gasteiger partial charge < -0.3 is 4.74 Å². The highest BCUT2D eigenvalue weighted by Crippen LogP contribution is 2.21. The average molecular weight is 249 g/mol. The Hall–Kier alpha value is -1.84. The SMILES string of the molecule is Cc1cc2ccn(C(=O)OC(C)(C)C)c2cc1F. The molecule has 0 unspecified atom stereocenters. The highest BCUT2D eigenvalue weighted by molar-refractivity contribution is 5.90. The van der Waals surface area contributed by atoms with Gasteiger partial charge in [-0.2, -0.15) is 0 Å². The minimum absolute atomic E-state index is 0.328. The molecular weight excluding hydrogens is 233 g/mol. The molecule has 96 valence electrons. The standard InChI is InChI=1S/C14H16FNO2/c1-9-7-10-5-6-16(12(10)8-11(9)15)13(17)18-14(2,3)4/h5-8H,1-4H3. The summed E-state index contributed by atoms with van der Waals surface area (Å²) in [6, 6.07) is 4.84. The van der Waals surface area contributed by atoms with Crippen LogP contribution in [-0.2, 0) is 4.74 Å². The molecule has 0 saturated heterocycles. The van der Waals surface area contributed by atoms with Crippen molar-refractivity contribution in [3.63, 3.8) is 0 Å². The van der Waals surface area contributed by atoms with Crippen molar-refractivity contribution >= 4 is 17.0 Å². The number of fused-ring (bicyclic) bond motifs is 1. The maximum absolute atomic E-state index is 13.5. The van der Waals surface area contributed by atoms with Crippen molar-refractivity contribution in [2.45, 2.75) is 33.3 Å². The van der Waals surface area contributed by atoms with E-state index in [-0.39, 0.29) is 5.82 Å². The average Bonchev–Trinajstić information content (AvgIpc) is 2.59. The molecule has 0 bridgehead atoms. The first-order chi connectivity index (χ1) is 8.28. The third-order valence-electron chi connectivity index (χ3n) is 2.56. The van der Waals surface area contributed by atoms with Gasteiger partial charge >= 0.3 is 6.09 Å². The first kappa shape index (κ1) is 12.6. The summed E-state index contributed by atoms with van der Waals surface area (Å²) < 4.78 is 20.1. The topological polar surface area (TPSA) is 31.2 Å². The van der Waals surface area contributed by atoms with Gasteiger partial charge in [-0.1, -0.05) is 0 Å². The molecule has 1 aromatic heterocycles. The van der Waals surface area contributed by atoms with Gasteiger partial charge in [0.15, 0.2) is 0 Å². The van der Waals surface area contributed by atoms with E-state index in [1.165, 1.54) is 10.6 Å². The van der Waals surface area contributed by atoms with E-state index >= 15 is 0 Å². The molecule has 0 saturated carbocycles. The fraction of sp³-hybridized carbons (Fsp3) is 0.357. The highest BCUT2D eigenvalue weighted by atomic mass is 19.1. The number of hydrogen-bond donors (Lipinski definition) is 0. The van der Waals surface area contributed by atoms with Crippen molar-refractivity contribution in [2.24, 2.45) is 0 Å². The number of hydrogen-bond acceptors (Lipinski definition) is 2. The lowest BCUT2D eigenvalue weighted by Gasteiger charge is -2.19. The number of aromatic nitrogens is 1. The monoisotopic (exact) mass is 249 g/mol. The Morgan fingerprint density at radius 3 is 2.61 bits per heavy atom. The van der Waals surface area contributed by atoms with Gasteiger partial charge in [-0.05, 0) is 51.5 Å². The zero-order valence-corrected chi connectivity index (χ0v) is 11.0. The Morgan fingerprint density at radius 1 is 1.33 bits per heavy atom. The molecule has 0 radical (unpaired) electrons. The fourth-order valence-electron chi connectivity index (χ4n) is 1.74. The van der Waals surface area contributed by atoms with Crippen molar-refractivity contribution < 1.29 is 13.9 Å². The second kappa shape index (κ2) is 4.12. The second-order valence-electron chi connectivity index (χ2n) is 5.33. The quantitative estimate of drug-likeness (QED) is 0.709. The molecule has 0 aliphatic carbocycles. The number of aryl methyl sites for hydroxylation is 1. The first-order valence-corrected chi connectivity index (χ1v) is 5.78. The van der Waals surface area contributed by atoms with Gasteiger partial charge in [0.2, 0.25) is 0 Å². The van der Waals surface area contributed by atoms with Crippen LogP contribution in [0.25, 0.3) is 10.9 Å². The van der Waals surface area contributed by atoms with Crippen LogP contribution in [-0.4, -0.2) is 16.3 Å². The third kappa shape index (κ3) is 2.37. The van der Waals surface area contributed by atoms with Crippen molar-refractivity contribution in [3.8, 4) is 0 Å². The summed E-state index contributed by atoms with van der Waals surface area (Å²) in [6.45, 7) is 7.07. The number of rotatable bonds is 0. The summed E-state index contributed by atoms with van der Waals surface area (Å²) in [5, 5.41) is 0.819. The van der Waals surface area contributed by atoms with Gasteiger partial charge in [-0.15, -0.1) is 0 Å². The number of benzene rings is 1. The second-order valence-corrected chi connectivity index (χ2v) is 5.33. The smallest absolute Gasteiger partial charge is 0.418 e. The lowest BCUT2D eigenvalue weighted by molar-refractivity contribution is 0.0544. The molecule has 0 N–H and O–H groups in total. The molecule has 3 nitrogen and oxygen atoms in total. The van der Waals surface area contributed by atoms with Gasteiger partial charge in [-0.3, -0.25) is 4.57 Å². The van der Waals surface area contributed by atoms with Gasteiger partial charge in [0.05, 0.1) is 5.52 Å². The van der Waals surface area contributed by atoms with Crippen LogP contribution in [0.5, 0.6) is 0 Å². The summed E-state index contributed by atoms with van der Waals surface area (Å²) in [7, 11) is 0. The van der Waals surface area contributed by atoms with E-state index in [0.29, 0.717) is 11.1 Å². The van der Waals surface area contributed by atoms with Gasteiger partial charge in [0.25, 0.3) is 0 Å². The van der Waals surface area contributed by atoms with Crippen LogP contribution in [0.2, 0.25) is 0 Å². The normalized spacial score (nSPS) is 11.8. The lowest BCUT2D eigenvalue weighted by atomic mass is 10.2. The van der Waals surface area contributed by atoms with Crippen molar-refractivity contribution in [1.29, 1.82) is 0 Å². The third-order valence-corrected chi connectivity index (χ3v) is 2.56. The first-order valence-electron chi connectivity index (χ1n) is 5.78. The summed E-state index contributed by atoms with van der Waals surface area (Å²) in [6.07, 6.45) is 1.10. The predicted molar refractivity (Wildman–Crippen MR) is 68.3 cm³/mol. The molecule has 0 atom stereocenters. The molecule has 18 heavy (non-hydrogen) atoms. The van der Waals surface area contributed by atoms with Crippen molar-refractivity contribution in [2.75, 3.05) is 0 Å². The molecule has 0 amide bonds. The van der Waals surface area contributed by atoms with Crippen molar-refractivity contribution in [1.82, 2.24) is 4.57 Å². The largest absolute Gasteiger partial charge is 0.443 e. The molecular formula is C14H16FNO2. The van der Waals surface area contributed by atoms with E-state index in [0.717, 1.165) is 5.39 Å². The van der Waals surface area contributed by atoms with Crippen LogP contribution in [0, 0.1) is 12.7 Å². The summed E-state index contributed by atoms with van der Waals surface area (Å²) in [5.74, 6) is -0.328. The molecule has 2 rings (SSSR count). The Morgan fingerprint density at radius 2 is 2.00 bits per heavy atom. The maximum atomic E-state index is 13.5.